The third-order valence-electron chi connectivity index (χ3n) is 4.72. The number of morpholine rings is 1. The molecule has 0 saturated carbocycles. The lowest BCUT2D eigenvalue weighted by Crippen LogP contribution is -2.52. The number of rotatable bonds is 2. The van der Waals surface area contributed by atoms with Gasteiger partial charge in [-0.15, -0.1) is 0 Å². The smallest absolute Gasteiger partial charge is 0.293 e. The van der Waals surface area contributed by atoms with Crippen molar-refractivity contribution in [2.45, 2.75) is 25.2 Å². The van der Waals surface area contributed by atoms with Gasteiger partial charge in [0.2, 0.25) is 0 Å². The lowest BCUT2D eigenvalue weighted by molar-refractivity contribution is -0.277. The maximum absolute atomic E-state index is 13.2. The van der Waals surface area contributed by atoms with Crippen LogP contribution in [0.2, 0.25) is 0 Å². The van der Waals surface area contributed by atoms with Crippen molar-refractivity contribution in [1.82, 2.24) is 4.90 Å². The van der Waals surface area contributed by atoms with Gasteiger partial charge in [0.25, 0.3) is 11.7 Å². The van der Waals surface area contributed by atoms with Gasteiger partial charge in [0.15, 0.2) is 0 Å². The molecule has 3 aliphatic rings. The van der Waals surface area contributed by atoms with E-state index < -0.39 is 5.79 Å². The summed E-state index contributed by atoms with van der Waals surface area (Å²) in [5.41, 5.74) is 1.71. The standard InChI is InChI=1S/C17H22N2O4/c1-13-6-9-22-17(23-13)14-4-2-3-5-15(14)19(16(17)20)12-18-7-10-21-11-8-18/h2-5,13H,6-12H2,1H3/t13-,17-/m1/s1. The first-order valence-electron chi connectivity index (χ1n) is 8.24. The second kappa shape index (κ2) is 5.87. The van der Waals surface area contributed by atoms with Crippen LogP contribution in [0.3, 0.4) is 0 Å². The van der Waals surface area contributed by atoms with Crippen LogP contribution in [0.15, 0.2) is 24.3 Å². The molecule has 124 valence electrons. The SMILES string of the molecule is C[C@@H]1CCO[C@]2(O1)C(=O)N(CN1CCOCC1)c1ccccc12. The summed E-state index contributed by atoms with van der Waals surface area (Å²) < 4.78 is 17.3. The lowest BCUT2D eigenvalue weighted by Gasteiger charge is -2.37. The number of benzene rings is 1. The summed E-state index contributed by atoms with van der Waals surface area (Å²) in [5, 5.41) is 0. The maximum Gasteiger partial charge on any atom is 0.293 e. The van der Waals surface area contributed by atoms with E-state index in [2.05, 4.69) is 4.90 Å². The fourth-order valence-electron chi connectivity index (χ4n) is 3.47. The predicted octanol–water partition coefficient (Wildman–Crippen LogP) is 1.30. The molecule has 1 amide bonds. The highest BCUT2D eigenvalue weighted by Gasteiger charge is 2.56. The number of fused-ring (bicyclic) bond motifs is 2. The van der Waals surface area contributed by atoms with Crippen molar-refractivity contribution >= 4 is 11.6 Å². The van der Waals surface area contributed by atoms with Crippen molar-refractivity contribution in [1.29, 1.82) is 0 Å². The first kappa shape index (κ1) is 15.1. The zero-order valence-electron chi connectivity index (χ0n) is 13.4. The Kier molecular flexibility index (Phi) is 3.85. The molecule has 3 heterocycles. The Labute approximate surface area is 135 Å². The molecular formula is C17H22N2O4. The molecule has 2 atom stereocenters. The number of anilines is 1. The van der Waals surface area contributed by atoms with Gasteiger partial charge in [-0.05, 0) is 19.4 Å². The first-order chi connectivity index (χ1) is 11.2. The molecule has 0 aliphatic carbocycles. The van der Waals surface area contributed by atoms with Gasteiger partial charge in [-0.2, -0.15) is 0 Å². The van der Waals surface area contributed by atoms with E-state index in [1.165, 1.54) is 0 Å². The Morgan fingerprint density at radius 3 is 2.78 bits per heavy atom. The van der Waals surface area contributed by atoms with Gasteiger partial charge in [0, 0.05) is 18.7 Å². The minimum absolute atomic E-state index is 0.00379. The van der Waals surface area contributed by atoms with E-state index in [-0.39, 0.29) is 12.0 Å². The number of hydrogen-bond acceptors (Lipinski definition) is 5. The molecule has 0 radical (unpaired) electrons. The van der Waals surface area contributed by atoms with E-state index in [9.17, 15) is 4.79 Å². The highest BCUT2D eigenvalue weighted by atomic mass is 16.7. The highest BCUT2D eigenvalue weighted by molar-refractivity contribution is 6.06. The zero-order chi connectivity index (χ0) is 15.9. The van der Waals surface area contributed by atoms with Crippen LogP contribution in [0.4, 0.5) is 5.69 Å². The molecule has 1 spiro atoms. The number of hydrogen-bond donors (Lipinski definition) is 0. The van der Waals surface area contributed by atoms with Crippen LogP contribution in [0.25, 0.3) is 0 Å². The molecular weight excluding hydrogens is 296 g/mol. The van der Waals surface area contributed by atoms with Crippen LogP contribution in [-0.2, 0) is 24.8 Å². The summed E-state index contributed by atoms with van der Waals surface area (Å²) in [6, 6.07) is 7.78. The second-order valence-corrected chi connectivity index (χ2v) is 6.30. The van der Waals surface area contributed by atoms with E-state index in [1.54, 1.807) is 4.90 Å². The van der Waals surface area contributed by atoms with Gasteiger partial charge < -0.3 is 14.2 Å². The van der Waals surface area contributed by atoms with Gasteiger partial charge in [-0.25, -0.2) is 0 Å². The van der Waals surface area contributed by atoms with Gasteiger partial charge >= 0.3 is 0 Å². The Morgan fingerprint density at radius 2 is 2.00 bits per heavy atom. The third-order valence-corrected chi connectivity index (χ3v) is 4.72. The Bertz CT molecular complexity index is 602. The summed E-state index contributed by atoms with van der Waals surface area (Å²) in [4.78, 5) is 17.2. The minimum Gasteiger partial charge on any atom is -0.379 e. The van der Waals surface area contributed by atoms with E-state index in [0.717, 1.165) is 30.8 Å². The van der Waals surface area contributed by atoms with Crippen LogP contribution in [0.1, 0.15) is 18.9 Å². The van der Waals surface area contributed by atoms with Gasteiger partial charge in [-0.3, -0.25) is 14.6 Å². The highest BCUT2D eigenvalue weighted by Crippen LogP contribution is 2.46. The predicted molar refractivity (Wildman–Crippen MR) is 84.0 cm³/mol. The maximum atomic E-state index is 13.2. The molecule has 2 fully saturated rings. The number of amides is 1. The average molecular weight is 318 g/mol. The number of carbonyl (C=O) groups excluding carboxylic acids is 1. The number of nitrogens with zero attached hydrogens (tertiary/aromatic N) is 2. The van der Waals surface area contributed by atoms with Gasteiger partial charge in [0.1, 0.15) is 0 Å². The lowest BCUT2D eigenvalue weighted by atomic mass is 10.1. The first-order valence-corrected chi connectivity index (χ1v) is 8.24. The summed E-state index contributed by atoms with van der Waals surface area (Å²) in [7, 11) is 0. The number of carbonyl (C=O) groups is 1. The van der Waals surface area contributed by atoms with Crippen molar-refractivity contribution < 1.29 is 19.0 Å². The fraction of sp³-hybridized carbons (Fsp3) is 0.588. The van der Waals surface area contributed by atoms with Crippen molar-refractivity contribution in [3.8, 4) is 0 Å². The van der Waals surface area contributed by atoms with Gasteiger partial charge in [-0.1, -0.05) is 18.2 Å². The quantitative estimate of drug-likeness (QED) is 0.823. The molecule has 2 saturated heterocycles. The molecule has 4 rings (SSSR count). The van der Waals surface area contributed by atoms with Crippen molar-refractivity contribution in [2.75, 3.05) is 44.5 Å². The van der Waals surface area contributed by atoms with Crippen LogP contribution >= 0.6 is 0 Å². The molecule has 0 bridgehead atoms. The molecule has 1 aromatic rings. The topological polar surface area (TPSA) is 51.2 Å². The molecule has 23 heavy (non-hydrogen) atoms. The molecule has 6 heteroatoms. The number of para-hydroxylation sites is 1. The van der Waals surface area contributed by atoms with E-state index in [1.807, 2.05) is 31.2 Å². The summed E-state index contributed by atoms with van der Waals surface area (Å²) in [6.45, 7) is 6.14. The summed E-state index contributed by atoms with van der Waals surface area (Å²) >= 11 is 0. The molecule has 0 unspecified atom stereocenters. The Balaban J connectivity index is 1.67. The molecule has 1 aromatic carbocycles. The molecule has 6 nitrogen and oxygen atoms in total. The monoisotopic (exact) mass is 318 g/mol. The van der Waals surface area contributed by atoms with Crippen molar-refractivity contribution in [3.63, 3.8) is 0 Å². The Hall–Kier alpha value is -1.47. The summed E-state index contributed by atoms with van der Waals surface area (Å²) in [6.07, 6.45) is 0.810. The largest absolute Gasteiger partial charge is 0.379 e. The zero-order valence-corrected chi connectivity index (χ0v) is 13.4. The fourth-order valence-corrected chi connectivity index (χ4v) is 3.47. The Morgan fingerprint density at radius 1 is 1.22 bits per heavy atom. The third kappa shape index (κ3) is 2.46. The van der Waals surface area contributed by atoms with Crippen LogP contribution in [-0.4, -0.2) is 56.5 Å². The van der Waals surface area contributed by atoms with Crippen LogP contribution in [0, 0.1) is 0 Å². The normalized spacial score (nSPS) is 31.6. The number of ether oxygens (including phenoxy) is 3. The van der Waals surface area contributed by atoms with Crippen LogP contribution < -0.4 is 4.90 Å². The van der Waals surface area contributed by atoms with Gasteiger partial charge in [0.05, 0.1) is 38.3 Å². The van der Waals surface area contributed by atoms with E-state index >= 15 is 0 Å². The molecule has 3 aliphatic heterocycles. The van der Waals surface area contributed by atoms with E-state index in [0.29, 0.717) is 26.5 Å². The molecule has 0 N–H and O–H groups in total. The summed E-state index contributed by atoms with van der Waals surface area (Å²) in [5.74, 6) is -1.38. The molecule has 0 aromatic heterocycles. The minimum atomic E-state index is -1.26. The van der Waals surface area contributed by atoms with Crippen molar-refractivity contribution in [2.24, 2.45) is 0 Å². The van der Waals surface area contributed by atoms with Crippen molar-refractivity contribution in [3.05, 3.63) is 29.8 Å². The van der Waals surface area contributed by atoms with Crippen LogP contribution in [0.5, 0.6) is 0 Å². The average Bonchev–Trinajstić information content (AvgIpc) is 2.79. The second-order valence-electron chi connectivity index (χ2n) is 6.30. The van der Waals surface area contributed by atoms with E-state index in [4.69, 9.17) is 14.2 Å².